The molecule has 49 heavy (non-hydrogen) atoms. The molecule has 4 aromatic rings. The number of sulfone groups is 1. The lowest BCUT2D eigenvalue weighted by atomic mass is 9.85. The molecule has 3 N–H and O–H groups in total. The smallest absolute Gasteiger partial charge is 0.434 e. The zero-order chi connectivity index (χ0) is 36.6. The summed E-state index contributed by atoms with van der Waals surface area (Å²) in [6.45, 7) is 9.68. The fourth-order valence-corrected chi connectivity index (χ4v) is 7.33. The topological polar surface area (TPSA) is 166 Å². The summed E-state index contributed by atoms with van der Waals surface area (Å²) in [5.41, 5.74) is 4.27. The van der Waals surface area contributed by atoms with Gasteiger partial charge in [0.2, 0.25) is 9.84 Å². The van der Waals surface area contributed by atoms with Crippen molar-refractivity contribution in [3.05, 3.63) is 89.2 Å². The Morgan fingerprint density at radius 3 is 2.10 bits per heavy atom. The number of alkyl halides is 3. The highest BCUT2D eigenvalue weighted by atomic mass is 32.2. The lowest BCUT2D eigenvalue weighted by Gasteiger charge is -2.37. The number of benzene rings is 1. The molecule has 0 radical (unpaired) electrons. The van der Waals surface area contributed by atoms with Gasteiger partial charge in [0, 0.05) is 23.6 Å². The van der Waals surface area contributed by atoms with Crippen LogP contribution in [0.3, 0.4) is 0 Å². The summed E-state index contributed by atoms with van der Waals surface area (Å²) in [7, 11) is -4.57. The Bertz CT molecular complexity index is 1920. The molecular weight excluding hydrogens is 684 g/mol. The number of carbonyl (C=O) groups is 2. The van der Waals surface area contributed by atoms with Gasteiger partial charge in [0.05, 0.1) is 5.69 Å². The van der Waals surface area contributed by atoms with Crippen LogP contribution < -0.4 is 10.6 Å². The van der Waals surface area contributed by atoms with Crippen molar-refractivity contribution in [2.75, 3.05) is 4.90 Å². The van der Waals surface area contributed by atoms with Gasteiger partial charge in [-0.25, -0.2) is 37.9 Å². The Morgan fingerprint density at radius 1 is 0.939 bits per heavy atom. The molecule has 0 aliphatic carbocycles. The van der Waals surface area contributed by atoms with Gasteiger partial charge in [-0.2, -0.15) is 13.2 Å². The highest BCUT2D eigenvalue weighted by Crippen LogP contribution is 2.37. The number of thiazole rings is 1. The maximum atomic E-state index is 14.3. The highest BCUT2D eigenvalue weighted by Gasteiger charge is 2.47. The molecular formula is C33H36F3N5O6S2. The van der Waals surface area contributed by atoms with E-state index < -0.39 is 62.1 Å². The summed E-state index contributed by atoms with van der Waals surface area (Å²) < 4.78 is 73.5. The van der Waals surface area contributed by atoms with E-state index in [9.17, 15) is 36.3 Å². The minimum Gasteiger partial charge on any atom is -0.480 e. The number of pyridine rings is 2. The number of halogens is 3. The fraction of sp³-hybridized carbons (Fsp3) is 0.364. The zero-order valence-electron chi connectivity index (χ0n) is 27.5. The summed E-state index contributed by atoms with van der Waals surface area (Å²) in [6.07, 6.45) is -4.75. The largest absolute Gasteiger partial charge is 0.480 e. The first-order valence-electron chi connectivity index (χ1n) is 14.8. The third-order valence-corrected chi connectivity index (χ3v) is 10.2. The second kappa shape index (κ2) is 13.5. The molecule has 0 spiro atoms. The van der Waals surface area contributed by atoms with Gasteiger partial charge in [-0.1, -0.05) is 57.2 Å². The number of aliphatic carboxylic acids is 1. The number of anilines is 1. The first-order chi connectivity index (χ1) is 22.5. The standard InChI is InChI=1S/C33H36F3N5O6S2/c1-30(2,3)26(28(42)43)41(29(44)47-31(4,5)6)24-11-9-10-22(39-24)32(37,49(45,46)25-12-7-8-17-38-25)18-20-13-15-21(16-14-20)27-40-23(19-48-27)33(34,35)36/h7-17,19,26H,18,37H2,1-6H3,(H,42,43). The van der Waals surface area contributed by atoms with E-state index in [4.69, 9.17) is 10.5 Å². The third kappa shape index (κ3) is 8.25. The molecule has 0 fully saturated rings. The first-order valence-corrected chi connectivity index (χ1v) is 17.2. The van der Waals surface area contributed by atoms with Crippen LogP contribution in [0.1, 0.15) is 58.5 Å². The Balaban J connectivity index is 1.86. The highest BCUT2D eigenvalue weighted by molar-refractivity contribution is 7.92. The second-order valence-electron chi connectivity index (χ2n) is 13.3. The predicted octanol–water partition coefficient (Wildman–Crippen LogP) is 6.69. The van der Waals surface area contributed by atoms with Gasteiger partial charge in [-0.05, 0) is 56.0 Å². The van der Waals surface area contributed by atoms with E-state index in [1.165, 1.54) is 66.9 Å². The summed E-state index contributed by atoms with van der Waals surface area (Å²) in [5.74, 6) is -1.58. The second-order valence-corrected chi connectivity index (χ2v) is 16.3. The summed E-state index contributed by atoms with van der Waals surface area (Å²) >= 11 is 0.808. The van der Waals surface area contributed by atoms with Crippen LogP contribution >= 0.6 is 11.3 Å². The van der Waals surface area contributed by atoms with E-state index in [-0.39, 0.29) is 21.5 Å². The molecule has 0 aliphatic rings. The normalized spacial score (nSPS) is 14.5. The number of nitrogens with zero attached hydrogens (tertiary/aromatic N) is 4. The number of carboxylic acid groups (broad SMARTS) is 1. The van der Waals surface area contributed by atoms with Gasteiger partial charge in [0.1, 0.15) is 22.5 Å². The van der Waals surface area contributed by atoms with E-state index in [1.54, 1.807) is 41.5 Å². The molecule has 1 amide bonds. The van der Waals surface area contributed by atoms with Crippen molar-refractivity contribution in [1.82, 2.24) is 15.0 Å². The van der Waals surface area contributed by atoms with E-state index in [0.717, 1.165) is 21.6 Å². The lowest BCUT2D eigenvalue weighted by molar-refractivity contribution is -0.141. The third-order valence-electron chi connectivity index (χ3n) is 7.17. The number of hydrogen-bond donors (Lipinski definition) is 2. The lowest BCUT2D eigenvalue weighted by Crippen LogP contribution is -2.54. The Hall–Kier alpha value is -4.41. The molecule has 0 saturated carbocycles. The fourth-order valence-electron chi connectivity index (χ4n) is 4.92. The number of aromatic nitrogens is 3. The van der Waals surface area contributed by atoms with Gasteiger partial charge < -0.3 is 15.6 Å². The molecule has 4 rings (SSSR count). The van der Waals surface area contributed by atoms with Gasteiger partial charge in [0.15, 0.2) is 15.6 Å². The van der Waals surface area contributed by atoms with Crippen molar-refractivity contribution in [2.45, 2.75) is 75.7 Å². The zero-order valence-corrected chi connectivity index (χ0v) is 29.2. The Labute approximate surface area is 285 Å². The molecule has 0 saturated heterocycles. The van der Waals surface area contributed by atoms with Gasteiger partial charge in [-0.3, -0.25) is 0 Å². The van der Waals surface area contributed by atoms with Crippen LogP contribution in [-0.2, 0) is 36.8 Å². The van der Waals surface area contributed by atoms with Crippen molar-refractivity contribution < 1.29 is 41.0 Å². The summed E-state index contributed by atoms with van der Waals surface area (Å²) in [5, 5.41) is 10.9. The van der Waals surface area contributed by atoms with Crippen LogP contribution in [0.2, 0.25) is 0 Å². The number of carbonyl (C=O) groups excluding carboxylic acids is 1. The molecule has 0 bridgehead atoms. The van der Waals surface area contributed by atoms with Gasteiger partial charge in [0.25, 0.3) is 0 Å². The molecule has 1 aromatic carbocycles. The quantitative estimate of drug-likeness (QED) is 0.190. The van der Waals surface area contributed by atoms with Crippen LogP contribution in [0, 0.1) is 5.41 Å². The van der Waals surface area contributed by atoms with Crippen LogP contribution in [-0.4, -0.2) is 52.2 Å². The molecule has 11 nitrogen and oxygen atoms in total. The minimum atomic E-state index is -4.61. The molecule has 2 atom stereocenters. The van der Waals surface area contributed by atoms with E-state index >= 15 is 0 Å². The Kier molecular flexibility index (Phi) is 10.3. The number of nitrogens with two attached hydrogens (primary N) is 1. The van der Waals surface area contributed by atoms with E-state index in [2.05, 4.69) is 15.0 Å². The van der Waals surface area contributed by atoms with E-state index in [0.29, 0.717) is 11.1 Å². The SMILES string of the molecule is CC(C)(C)OC(=O)N(c1cccc(C(N)(Cc2ccc(-c3nc(C(F)(F)F)cs3)cc2)S(=O)(=O)c2ccccn2)n1)C(C(=O)O)C(C)(C)C. The Morgan fingerprint density at radius 2 is 1.59 bits per heavy atom. The minimum absolute atomic E-state index is 0.113. The molecule has 3 aromatic heterocycles. The number of amides is 1. The predicted molar refractivity (Wildman–Crippen MR) is 177 cm³/mol. The average Bonchev–Trinajstić information content (AvgIpc) is 3.50. The number of rotatable bonds is 9. The molecule has 262 valence electrons. The van der Waals surface area contributed by atoms with Gasteiger partial charge >= 0.3 is 18.2 Å². The first kappa shape index (κ1) is 37.4. The molecule has 16 heteroatoms. The van der Waals surface area contributed by atoms with Crippen molar-refractivity contribution in [2.24, 2.45) is 11.1 Å². The van der Waals surface area contributed by atoms with Crippen molar-refractivity contribution in [3.63, 3.8) is 0 Å². The molecule has 0 aliphatic heterocycles. The van der Waals surface area contributed by atoms with Crippen LogP contribution in [0.4, 0.5) is 23.8 Å². The van der Waals surface area contributed by atoms with Crippen LogP contribution in [0.15, 0.2) is 77.3 Å². The van der Waals surface area contributed by atoms with E-state index in [1.807, 2.05) is 0 Å². The molecule has 3 heterocycles. The summed E-state index contributed by atoms with van der Waals surface area (Å²) in [4.78, 5) is 36.9. The van der Waals surface area contributed by atoms with Crippen molar-refractivity contribution in [3.8, 4) is 10.6 Å². The van der Waals surface area contributed by atoms with Crippen LogP contribution in [0.5, 0.6) is 0 Å². The molecule has 2 unspecified atom stereocenters. The monoisotopic (exact) mass is 719 g/mol. The maximum absolute atomic E-state index is 14.3. The van der Waals surface area contributed by atoms with Crippen LogP contribution in [0.25, 0.3) is 10.6 Å². The van der Waals surface area contributed by atoms with Crippen molar-refractivity contribution in [1.29, 1.82) is 0 Å². The number of hydrogen-bond acceptors (Lipinski definition) is 10. The maximum Gasteiger partial charge on any atom is 0.434 e. The number of carboxylic acids is 1. The number of ether oxygens (including phenoxy) is 1. The summed E-state index contributed by atoms with van der Waals surface area (Å²) in [6, 6.07) is 12.9. The average molecular weight is 720 g/mol. The van der Waals surface area contributed by atoms with Gasteiger partial charge in [-0.15, -0.1) is 11.3 Å². The van der Waals surface area contributed by atoms with Crippen molar-refractivity contribution >= 4 is 39.1 Å².